The fourth-order valence-electron chi connectivity index (χ4n) is 3.20. The van der Waals surface area contributed by atoms with Gasteiger partial charge in [-0.25, -0.2) is 13.4 Å². The number of carbonyl (C=O) groups excluding carboxylic acids is 1. The van der Waals surface area contributed by atoms with E-state index < -0.39 is 10.0 Å². The molecule has 1 saturated heterocycles. The number of sulfonamides is 1. The van der Waals surface area contributed by atoms with Gasteiger partial charge in [0.2, 0.25) is 0 Å². The lowest BCUT2D eigenvalue weighted by molar-refractivity contribution is 0.102. The summed E-state index contributed by atoms with van der Waals surface area (Å²) in [5.41, 5.74) is 1.41. The van der Waals surface area contributed by atoms with E-state index in [0.717, 1.165) is 43.3 Å². The Bertz CT molecular complexity index is 1120. The maximum Gasteiger partial charge on any atom is 0.271 e. The molecule has 0 bridgehead atoms. The van der Waals surface area contributed by atoms with Crippen molar-refractivity contribution in [3.05, 3.63) is 65.7 Å². The summed E-state index contributed by atoms with van der Waals surface area (Å²) in [7, 11) is -1.51. The largest absolute Gasteiger partial charge is 0.354 e. The first-order valence-corrected chi connectivity index (χ1v) is 12.1. The van der Waals surface area contributed by atoms with Crippen LogP contribution in [-0.2, 0) is 10.0 Å². The number of benzene rings is 1. The monoisotopic (exact) mass is 457 g/mol. The van der Waals surface area contributed by atoms with Crippen LogP contribution in [0.15, 0.2) is 64.3 Å². The summed E-state index contributed by atoms with van der Waals surface area (Å²) in [6.45, 7) is 3.86. The third kappa shape index (κ3) is 5.22. The highest BCUT2D eigenvalue weighted by molar-refractivity contribution is 7.94. The molecule has 0 atom stereocenters. The summed E-state index contributed by atoms with van der Waals surface area (Å²) in [6.07, 6.45) is 1.65. The van der Waals surface area contributed by atoms with Crippen molar-refractivity contribution in [1.82, 2.24) is 9.88 Å². The Labute approximate surface area is 185 Å². The van der Waals surface area contributed by atoms with Crippen LogP contribution in [0.5, 0.6) is 0 Å². The maximum absolute atomic E-state index is 12.5. The number of piperazine rings is 1. The Balaban J connectivity index is 1.36. The predicted molar refractivity (Wildman–Crippen MR) is 123 cm³/mol. The van der Waals surface area contributed by atoms with E-state index in [4.69, 9.17) is 0 Å². The molecule has 0 unspecified atom stereocenters. The van der Waals surface area contributed by atoms with Gasteiger partial charge in [-0.05, 0) is 54.9 Å². The molecule has 31 heavy (non-hydrogen) atoms. The predicted octanol–water partition coefficient (Wildman–Crippen LogP) is 2.95. The molecule has 1 fully saturated rings. The standard InChI is InChI=1S/C21H23N5O3S2/c1-25-10-12-26(13-11-25)19-9-8-18(15-22-19)23-21(27)16-4-6-17(7-5-16)24-31(28,29)20-3-2-14-30-20/h2-9,14-15,24H,10-13H2,1H3,(H,23,27). The van der Waals surface area contributed by atoms with Crippen molar-refractivity contribution < 1.29 is 13.2 Å². The number of hydrogen-bond acceptors (Lipinski definition) is 7. The van der Waals surface area contributed by atoms with E-state index in [9.17, 15) is 13.2 Å². The van der Waals surface area contributed by atoms with Crippen LogP contribution in [0.2, 0.25) is 0 Å². The number of nitrogens with one attached hydrogen (secondary N) is 2. The number of aromatic nitrogens is 1. The second kappa shape index (κ2) is 9.04. The Morgan fingerprint density at radius 3 is 2.32 bits per heavy atom. The number of rotatable bonds is 6. The average molecular weight is 458 g/mol. The van der Waals surface area contributed by atoms with Crippen LogP contribution in [0.25, 0.3) is 0 Å². The minimum Gasteiger partial charge on any atom is -0.354 e. The van der Waals surface area contributed by atoms with Gasteiger partial charge in [0.15, 0.2) is 0 Å². The molecule has 8 nitrogen and oxygen atoms in total. The first-order valence-electron chi connectivity index (χ1n) is 9.78. The molecule has 4 rings (SSSR count). The van der Waals surface area contributed by atoms with Crippen LogP contribution in [0.3, 0.4) is 0 Å². The van der Waals surface area contributed by atoms with E-state index >= 15 is 0 Å². The zero-order valence-electron chi connectivity index (χ0n) is 17.0. The molecular weight excluding hydrogens is 434 g/mol. The molecule has 0 saturated carbocycles. The van der Waals surface area contributed by atoms with Crippen LogP contribution in [0.1, 0.15) is 10.4 Å². The minimum absolute atomic E-state index is 0.238. The smallest absolute Gasteiger partial charge is 0.271 e. The number of likely N-dealkylation sites (N-methyl/N-ethyl adjacent to an activating group) is 1. The molecular formula is C21H23N5O3S2. The van der Waals surface area contributed by atoms with Crippen molar-refractivity contribution in [2.24, 2.45) is 0 Å². The van der Waals surface area contributed by atoms with Gasteiger partial charge in [-0.3, -0.25) is 9.52 Å². The molecule has 0 aliphatic carbocycles. The van der Waals surface area contributed by atoms with Crippen molar-refractivity contribution in [3.63, 3.8) is 0 Å². The van der Waals surface area contributed by atoms with E-state index in [2.05, 4.69) is 31.9 Å². The number of nitrogens with zero attached hydrogens (tertiary/aromatic N) is 3. The Morgan fingerprint density at radius 1 is 1.00 bits per heavy atom. The van der Waals surface area contributed by atoms with Crippen molar-refractivity contribution >= 4 is 44.5 Å². The zero-order valence-corrected chi connectivity index (χ0v) is 18.6. The molecule has 1 aliphatic heterocycles. The fraction of sp³-hybridized carbons (Fsp3) is 0.238. The van der Waals surface area contributed by atoms with Gasteiger partial charge >= 0.3 is 0 Å². The number of pyridine rings is 1. The number of thiophene rings is 1. The van der Waals surface area contributed by atoms with E-state index in [1.165, 1.54) is 6.07 Å². The van der Waals surface area contributed by atoms with E-state index in [1.807, 2.05) is 12.1 Å². The summed E-state index contributed by atoms with van der Waals surface area (Å²) in [5.74, 6) is 0.607. The summed E-state index contributed by atoms with van der Waals surface area (Å²) in [5, 5.41) is 4.52. The zero-order chi connectivity index (χ0) is 21.8. The number of anilines is 3. The van der Waals surface area contributed by atoms with Crippen LogP contribution in [0, 0.1) is 0 Å². The van der Waals surface area contributed by atoms with Gasteiger partial charge in [0.1, 0.15) is 10.0 Å². The van der Waals surface area contributed by atoms with Crippen molar-refractivity contribution in [2.75, 3.05) is 48.2 Å². The van der Waals surface area contributed by atoms with Crippen LogP contribution in [-0.4, -0.2) is 57.4 Å². The quantitative estimate of drug-likeness (QED) is 0.591. The highest BCUT2D eigenvalue weighted by Gasteiger charge is 2.17. The number of hydrogen-bond donors (Lipinski definition) is 2. The molecule has 0 radical (unpaired) electrons. The number of amides is 1. The molecule has 2 N–H and O–H groups in total. The third-order valence-electron chi connectivity index (χ3n) is 4.99. The highest BCUT2D eigenvalue weighted by Crippen LogP contribution is 2.21. The lowest BCUT2D eigenvalue weighted by Crippen LogP contribution is -2.44. The van der Waals surface area contributed by atoms with Crippen molar-refractivity contribution in [2.45, 2.75) is 4.21 Å². The first-order chi connectivity index (χ1) is 14.9. The highest BCUT2D eigenvalue weighted by atomic mass is 32.2. The molecule has 1 aromatic carbocycles. The molecule has 1 amide bonds. The van der Waals surface area contributed by atoms with E-state index in [-0.39, 0.29) is 10.1 Å². The van der Waals surface area contributed by atoms with Gasteiger partial charge < -0.3 is 15.1 Å². The number of carbonyl (C=O) groups is 1. The molecule has 3 heterocycles. The Hall–Kier alpha value is -2.95. The lowest BCUT2D eigenvalue weighted by atomic mass is 10.2. The van der Waals surface area contributed by atoms with Crippen molar-refractivity contribution in [1.29, 1.82) is 0 Å². The summed E-state index contributed by atoms with van der Waals surface area (Å²) in [4.78, 5) is 21.5. The second-order valence-electron chi connectivity index (χ2n) is 7.26. The summed E-state index contributed by atoms with van der Waals surface area (Å²) >= 11 is 1.14. The molecule has 10 heteroatoms. The second-order valence-corrected chi connectivity index (χ2v) is 10.1. The van der Waals surface area contributed by atoms with Crippen LogP contribution in [0.4, 0.5) is 17.2 Å². The maximum atomic E-state index is 12.5. The SMILES string of the molecule is CN1CCN(c2ccc(NC(=O)c3ccc(NS(=O)(=O)c4cccs4)cc3)cn2)CC1. The van der Waals surface area contributed by atoms with E-state index in [1.54, 1.807) is 41.9 Å². The van der Waals surface area contributed by atoms with Gasteiger partial charge in [-0.1, -0.05) is 6.07 Å². The normalized spacial score (nSPS) is 14.9. The fourth-order valence-corrected chi connectivity index (χ4v) is 5.25. The lowest BCUT2D eigenvalue weighted by Gasteiger charge is -2.33. The van der Waals surface area contributed by atoms with E-state index in [0.29, 0.717) is 16.9 Å². The molecule has 162 valence electrons. The van der Waals surface area contributed by atoms with Gasteiger partial charge in [0.05, 0.1) is 11.9 Å². The van der Waals surface area contributed by atoms with Crippen LogP contribution >= 0.6 is 11.3 Å². The molecule has 1 aliphatic rings. The average Bonchev–Trinajstić information content (AvgIpc) is 3.31. The van der Waals surface area contributed by atoms with Gasteiger partial charge in [0, 0.05) is 37.4 Å². The Morgan fingerprint density at radius 2 is 1.71 bits per heavy atom. The topological polar surface area (TPSA) is 94.6 Å². The summed E-state index contributed by atoms with van der Waals surface area (Å²) < 4.78 is 27.3. The van der Waals surface area contributed by atoms with Crippen LogP contribution < -0.4 is 14.9 Å². The van der Waals surface area contributed by atoms with Gasteiger partial charge in [0.25, 0.3) is 15.9 Å². The van der Waals surface area contributed by atoms with Gasteiger partial charge in [-0.2, -0.15) is 0 Å². The summed E-state index contributed by atoms with van der Waals surface area (Å²) in [6, 6.07) is 13.2. The molecule has 2 aromatic heterocycles. The van der Waals surface area contributed by atoms with Crippen molar-refractivity contribution in [3.8, 4) is 0 Å². The first kappa shape index (κ1) is 21.3. The molecule has 3 aromatic rings. The third-order valence-corrected chi connectivity index (χ3v) is 7.77. The minimum atomic E-state index is -3.62. The Kier molecular flexibility index (Phi) is 6.21. The molecule has 0 spiro atoms. The van der Waals surface area contributed by atoms with Gasteiger partial charge in [-0.15, -0.1) is 11.3 Å².